The van der Waals surface area contributed by atoms with Crippen molar-refractivity contribution in [3.8, 4) is 0 Å². The lowest BCUT2D eigenvalue weighted by molar-refractivity contribution is 0.0954. The van der Waals surface area contributed by atoms with Gasteiger partial charge in [-0.3, -0.25) is 9.36 Å². The van der Waals surface area contributed by atoms with Gasteiger partial charge in [0.15, 0.2) is 0 Å². The van der Waals surface area contributed by atoms with Crippen molar-refractivity contribution < 1.29 is 9.90 Å². The summed E-state index contributed by atoms with van der Waals surface area (Å²) in [5.74, 6) is -0.272. The largest absolute Gasteiger partial charge is 0.382 e. The predicted octanol–water partition coefficient (Wildman–Crippen LogP) is 2.08. The highest BCUT2D eigenvalue weighted by Gasteiger charge is 2.15. The van der Waals surface area contributed by atoms with Crippen LogP contribution < -0.4 is 0 Å². The van der Waals surface area contributed by atoms with E-state index in [9.17, 15) is 9.90 Å². The smallest absolute Gasteiger partial charge is 0.254 e. The van der Waals surface area contributed by atoms with E-state index in [-0.39, 0.29) is 5.91 Å². The number of aliphatic hydroxyl groups excluding tert-OH is 1. The van der Waals surface area contributed by atoms with Gasteiger partial charge in [0.25, 0.3) is 5.91 Å². The molecule has 0 bridgehead atoms. The van der Waals surface area contributed by atoms with Crippen LogP contribution in [0.2, 0.25) is 0 Å². The van der Waals surface area contributed by atoms with Gasteiger partial charge in [-0.2, -0.15) is 0 Å². The fourth-order valence-corrected chi connectivity index (χ4v) is 1.23. The molecular weight excluding hydrogens is 190 g/mol. The SMILES string of the molecule is C=C=C(C)C(O)c1cccn1C(=O)C=C. The molecule has 0 saturated carbocycles. The van der Waals surface area contributed by atoms with Crippen LogP contribution in [0, 0.1) is 0 Å². The molecule has 0 aliphatic carbocycles. The summed E-state index contributed by atoms with van der Waals surface area (Å²) in [5.41, 5.74) is 3.67. The zero-order valence-electron chi connectivity index (χ0n) is 8.60. The molecule has 3 nitrogen and oxygen atoms in total. The molecule has 0 amide bonds. The van der Waals surface area contributed by atoms with E-state index in [2.05, 4.69) is 18.9 Å². The summed E-state index contributed by atoms with van der Waals surface area (Å²) in [7, 11) is 0. The molecule has 1 aromatic rings. The summed E-state index contributed by atoms with van der Waals surface area (Å²) in [6.45, 7) is 8.55. The van der Waals surface area contributed by atoms with Gasteiger partial charge in [-0.25, -0.2) is 0 Å². The highest BCUT2D eigenvalue weighted by Crippen LogP contribution is 2.20. The van der Waals surface area contributed by atoms with Gasteiger partial charge < -0.3 is 5.11 Å². The highest BCUT2D eigenvalue weighted by molar-refractivity contribution is 5.90. The van der Waals surface area contributed by atoms with Crippen LogP contribution in [-0.2, 0) is 0 Å². The van der Waals surface area contributed by atoms with Crippen LogP contribution in [0.15, 0.2) is 48.9 Å². The number of allylic oxidation sites excluding steroid dienone is 1. The minimum absolute atomic E-state index is 0.272. The van der Waals surface area contributed by atoms with Gasteiger partial charge in [-0.05, 0) is 25.1 Å². The van der Waals surface area contributed by atoms with Gasteiger partial charge in [0.2, 0.25) is 0 Å². The molecule has 0 saturated heterocycles. The van der Waals surface area contributed by atoms with Gasteiger partial charge in [-0.15, -0.1) is 5.73 Å². The standard InChI is InChI=1S/C12H13NO2/c1-4-9(3)12(15)10-7-6-8-13(10)11(14)5-2/h5-8,12,15H,1-2H2,3H3. The van der Waals surface area contributed by atoms with Crippen molar-refractivity contribution in [2.24, 2.45) is 0 Å². The maximum atomic E-state index is 11.4. The molecule has 1 rings (SSSR count). The van der Waals surface area contributed by atoms with E-state index in [1.807, 2.05) is 0 Å². The molecular formula is C12H13NO2. The lowest BCUT2D eigenvalue weighted by atomic mass is 10.1. The number of carbonyl (C=O) groups is 1. The molecule has 1 N–H and O–H groups in total. The molecule has 0 spiro atoms. The van der Waals surface area contributed by atoms with Crippen molar-refractivity contribution in [2.45, 2.75) is 13.0 Å². The number of hydrogen-bond donors (Lipinski definition) is 1. The number of nitrogens with zero attached hydrogens (tertiary/aromatic N) is 1. The molecule has 0 aliphatic heterocycles. The van der Waals surface area contributed by atoms with Crippen molar-refractivity contribution in [3.05, 3.63) is 54.6 Å². The Labute approximate surface area is 88.7 Å². The molecule has 1 heterocycles. The van der Waals surface area contributed by atoms with E-state index < -0.39 is 6.10 Å². The second kappa shape index (κ2) is 4.60. The van der Waals surface area contributed by atoms with Crippen LogP contribution in [0.5, 0.6) is 0 Å². The first-order chi connectivity index (χ1) is 7.11. The molecule has 78 valence electrons. The lowest BCUT2D eigenvalue weighted by Gasteiger charge is -2.11. The first-order valence-electron chi connectivity index (χ1n) is 4.50. The van der Waals surface area contributed by atoms with Gasteiger partial charge in [0.05, 0.1) is 5.69 Å². The van der Waals surface area contributed by atoms with Crippen molar-refractivity contribution in [3.63, 3.8) is 0 Å². The van der Waals surface area contributed by atoms with Crippen LogP contribution in [0.25, 0.3) is 0 Å². The molecule has 0 fully saturated rings. The molecule has 1 unspecified atom stereocenters. The average molecular weight is 203 g/mol. The minimum Gasteiger partial charge on any atom is -0.382 e. The number of carbonyl (C=O) groups excluding carboxylic acids is 1. The van der Waals surface area contributed by atoms with Gasteiger partial charge in [0.1, 0.15) is 6.10 Å². The fourth-order valence-electron chi connectivity index (χ4n) is 1.23. The first-order valence-corrected chi connectivity index (χ1v) is 4.50. The van der Waals surface area contributed by atoms with Crippen LogP contribution in [0.4, 0.5) is 0 Å². The summed E-state index contributed by atoms with van der Waals surface area (Å²) < 4.78 is 1.35. The van der Waals surface area contributed by atoms with Crippen molar-refractivity contribution in [1.29, 1.82) is 0 Å². The second-order valence-electron chi connectivity index (χ2n) is 3.11. The zero-order chi connectivity index (χ0) is 11.4. The van der Waals surface area contributed by atoms with Gasteiger partial charge in [0, 0.05) is 11.8 Å². The highest BCUT2D eigenvalue weighted by atomic mass is 16.3. The van der Waals surface area contributed by atoms with Gasteiger partial charge >= 0.3 is 0 Å². The van der Waals surface area contributed by atoms with E-state index in [1.54, 1.807) is 25.3 Å². The van der Waals surface area contributed by atoms with E-state index in [4.69, 9.17) is 0 Å². The number of hydrogen-bond acceptors (Lipinski definition) is 2. The predicted molar refractivity (Wildman–Crippen MR) is 58.5 cm³/mol. The number of aromatic nitrogens is 1. The molecule has 0 aliphatic rings. The second-order valence-corrected chi connectivity index (χ2v) is 3.11. The summed E-state index contributed by atoms with van der Waals surface area (Å²) in [5, 5.41) is 9.86. The van der Waals surface area contributed by atoms with Crippen molar-refractivity contribution >= 4 is 5.91 Å². The Kier molecular flexibility index (Phi) is 3.45. The third-order valence-electron chi connectivity index (χ3n) is 2.16. The normalized spacial score (nSPS) is 11.6. The monoisotopic (exact) mass is 203 g/mol. The third kappa shape index (κ3) is 2.15. The summed E-state index contributed by atoms with van der Waals surface area (Å²) >= 11 is 0. The average Bonchev–Trinajstić information content (AvgIpc) is 2.74. The maximum absolute atomic E-state index is 11.4. The quantitative estimate of drug-likeness (QED) is 0.603. The molecule has 1 aromatic heterocycles. The topological polar surface area (TPSA) is 42.2 Å². The van der Waals surface area contributed by atoms with Crippen molar-refractivity contribution in [2.75, 3.05) is 0 Å². The van der Waals surface area contributed by atoms with Crippen molar-refractivity contribution in [1.82, 2.24) is 4.57 Å². The Bertz CT molecular complexity index is 436. The molecule has 0 radical (unpaired) electrons. The van der Waals surface area contributed by atoms with Crippen LogP contribution in [0.3, 0.4) is 0 Å². The molecule has 0 aromatic carbocycles. The minimum atomic E-state index is -0.860. The van der Waals surface area contributed by atoms with Crippen LogP contribution in [-0.4, -0.2) is 15.6 Å². The van der Waals surface area contributed by atoms with E-state index >= 15 is 0 Å². The van der Waals surface area contributed by atoms with E-state index in [1.165, 1.54) is 10.6 Å². The Hall–Kier alpha value is -1.83. The van der Waals surface area contributed by atoms with E-state index in [0.29, 0.717) is 11.3 Å². The fraction of sp³-hybridized carbons (Fsp3) is 0.167. The maximum Gasteiger partial charge on any atom is 0.254 e. The molecule has 15 heavy (non-hydrogen) atoms. The third-order valence-corrected chi connectivity index (χ3v) is 2.16. The Morgan fingerprint density at radius 1 is 1.73 bits per heavy atom. The van der Waals surface area contributed by atoms with Crippen LogP contribution >= 0.6 is 0 Å². The number of rotatable bonds is 3. The zero-order valence-corrected chi connectivity index (χ0v) is 8.60. The number of aliphatic hydroxyl groups is 1. The molecule has 1 atom stereocenters. The summed E-state index contributed by atoms with van der Waals surface area (Å²) in [4.78, 5) is 11.4. The first kappa shape index (κ1) is 11.2. The molecule has 3 heteroatoms. The summed E-state index contributed by atoms with van der Waals surface area (Å²) in [6, 6.07) is 3.36. The Balaban J connectivity index is 3.15. The Morgan fingerprint density at radius 2 is 2.40 bits per heavy atom. The lowest BCUT2D eigenvalue weighted by Crippen LogP contribution is -2.13. The van der Waals surface area contributed by atoms with Gasteiger partial charge in [-0.1, -0.05) is 13.2 Å². The van der Waals surface area contributed by atoms with Crippen LogP contribution in [0.1, 0.15) is 23.5 Å². The summed E-state index contributed by atoms with van der Waals surface area (Å²) in [6.07, 6.45) is 1.92. The Morgan fingerprint density at radius 3 is 2.93 bits per heavy atom. The van der Waals surface area contributed by atoms with E-state index in [0.717, 1.165) is 0 Å².